The molecular formula is C11H18N2O. The number of nitrogens with one attached hydrogen (secondary N) is 1. The molecule has 3 heteroatoms. The molecular weight excluding hydrogens is 176 g/mol. The fraction of sp³-hybridized carbons (Fsp3) is 0.545. The standard InChI is InChI=1S/C11H18N2O/c1-9(8-14)6-12-7-11-5-3-4-10(2)13-11/h3-5,9,12,14H,6-8H2,1-2H3. The third kappa shape index (κ3) is 3.85. The fourth-order valence-electron chi connectivity index (χ4n) is 1.21. The van der Waals surface area contributed by atoms with Crippen LogP contribution >= 0.6 is 0 Å². The Balaban J connectivity index is 2.31. The number of aryl methyl sites for hydroxylation is 1. The highest BCUT2D eigenvalue weighted by Gasteiger charge is 1.99. The van der Waals surface area contributed by atoms with Gasteiger partial charge >= 0.3 is 0 Å². The summed E-state index contributed by atoms with van der Waals surface area (Å²) in [6.07, 6.45) is 0. The molecule has 0 radical (unpaired) electrons. The molecule has 0 amide bonds. The number of aliphatic hydroxyl groups is 1. The minimum atomic E-state index is 0.230. The molecule has 1 aromatic rings. The van der Waals surface area contributed by atoms with Gasteiger partial charge in [-0.15, -0.1) is 0 Å². The first-order valence-corrected chi connectivity index (χ1v) is 4.96. The van der Waals surface area contributed by atoms with Gasteiger partial charge in [0, 0.05) is 25.4 Å². The maximum atomic E-state index is 8.82. The Hall–Kier alpha value is -0.930. The third-order valence-corrected chi connectivity index (χ3v) is 2.06. The zero-order valence-corrected chi connectivity index (χ0v) is 8.83. The molecule has 1 rings (SSSR count). The smallest absolute Gasteiger partial charge is 0.0544 e. The highest BCUT2D eigenvalue weighted by Crippen LogP contribution is 1.98. The lowest BCUT2D eigenvalue weighted by atomic mass is 10.2. The van der Waals surface area contributed by atoms with Gasteiger partial charge in [0.1, 0.15) is 0 Å². The first kappa shape index (κ1) is 11.1. The number of nitrogens with zero attached hydrogens (tertiary/aromatic N) is 1. The van der Waals surface area contributed by atoms with E-state index in [4.69, 9.17) is 5.11 Å². The first-order valence-electron chi connectivity index (χ1n) is 4.96. The molecule has 0 aliphatic heterocycles. The minimum absolute atomic E-state index is 0.230. The van der Waals surface area contributed by atoms with E-state index in [1.54, 1.807) is 0 Å². The van der Waals surface area contributed by atoms with E-state index in [9.17, 15) is 0 Å². The van der Waals surface area contributed by atoms with Crippen molar-refractivity contribution in [1.82, 2.24) is 10.3 Å². The average molecular weight is 194 g/mol. The summed E-state index contributed by atoms with van der Waals surface area (Å²) in [5.41, 5.74) is 2.09. The van der Waals surface area contributed by atoms with E-state index < -0.39 is 0 Å². The molecule has 0 spiro atoms. The Morgan fingerprint density at radius 1 is 1.50 bits per heavy atom. The molecule has 3 nitrogen and oxygen atoms in total. The van der Waals surface area contributed by atoms with E-state index in [1.807, 2.05) is 32.0 Å². The zero-order chi connectivity index (χ0) is 10.4. The normalized spacial score (nSPS) is 12.8. The van der Waals surface area contributed by atoms with Crippen molar-refractivity contribution in [2.75, 3.05) is 13.2 Å². The van der Waals surface area contributed by atoms with Crippen LogP contribution in [0.2, 0.25) is 0 Å². The van der Waals surface area contributed by atoms with E-state index >= 15 is 0 Å². The van der Waals surface area contributed by atoms with E-state index in [-0.39, 0.29) is 6.61 Å². The predicted octanol–water partition coefficient (Wildman–Crippen LogP) is 1.11. The van der Waals surface area contributed by atoms with Crippen LogP contribution in [-0.2, 0) is 6.54 Å². The number of aliphatic hydroxyl groups excluding tert-OH is 1. The van der Waals surface area contributed by atoms with Crippen molar-refractivity contribution in [3.63, 3.8) is 0 Å². The molecule has 0 saturated carbocycles. The van der Waals surface area contributed by atoms with Crippen LogP contribution in [0, 0.1) is 12.8 Å². The minimum Gasteiger partial charge on any atom is -0.396 e. The first-order chi connectivity index (χ1) is 6.72. The Morgan fingerprint density at radius 3 is 2.93 bits per heavy atom. The molecule has 2 N–H and O–H groups in total. The van der Waals surface area contributed by atoms with Crippen LogP contribution in [0.5, 0.6) is 0 Å². The van der Waals surface area contributed by atoms with Crippen molar-refractivity contribution < 1.29 is 5.11 Å². The van der Waals surface area contributed by atoms with E-state index in [0.29, 0.717) is 5.92 Å². The molecule has 1 atom stereocenters. The zero-order valence-electron chi connectivity index (χ0n) is 8.83. The molecule has 0 aliphatic carbocycles. The summed E-state index contributed by atoms with van der Waals surface area (Å²) in [7, 11) is 0. The summed E-state index contributed by atoms with van der Waals surface area (Å²) >= 11 is 0. The van der Waals surface area contributed by atoms with Gasteiger partial charge < -0.3 is 10.4 Å². The Bertz CT molecular complexity index is 276. The molecule has 1 unspecified atom stereocenters. The van der Waals surface area contributed by atoms with Gasteiger partial charge in [0.15, 0.2) is 0 Å². The van der Waals surface area contributed by atoms with Crippen LogP contribution in [0.25, 0.3) is 0 Å². The molecule has 78 valence electrons. The van der Waals surface area contributed by atoms with Crippen LogP contribution in [0.15, 0.2) is 18.2 Å². The van der Waals surface area contributed by atoms with Gasteiger partial charge in [-0.05, 0) is 25.0 Å². The van der Waals surface area contributed by atoms with Gasteiger partial charge in [-0.1, -0.05) is 13.0 Å². The number of aromatic nitrogens is 1. The molecule has 0 bridgehead atoms. The molecule has 0 saturated heterocycles. The van der Waals surface area contributed by atoms with Crippen molar-refractivity contribution in [1.29, 1.82) is 0 Å². The second-order valence-electron chi connectivity index (χ2n) is 3.69. The lowest BCUT2D eigenvalue weighted by Gasteiger charge is -2.09. The van der Waals surface area contributed by atoms with Crippen LogP contribution in [0.3, 0.4) is 0 Å². The second kappa shape index (κ2) is 5.73. The van der Waals surface area contributed by atoms with Gasteiger partial charge in [0.05, 0.1) is 5.69 Å². The van der Waals surface area contributed by atoms with Crippen molar-refractivity contribution in [2.45, 2.75) is 20.4 Å². The fourth-order valence-corrected chi connectivity index (χ4v) is 1.21. The lowest BCUT2D eigenvalue weighted by molar-refractivity contribution is 0.233. The van der Waals surface area contributed by atoms with Crippen LogP contribution in [0.4, 0.5) is 0 Å². The topological polar surface area (TPSA) is 45.1 Å². The maximum Gasteiger partial charge on any atom is 0.0544 e. The highest BCUT2D eigenvalue weighted by molar-refractivity contribution is 5.09. The van der Waals surface area contributed by atoms with Gasteiger partial charge in [-0.25, -0.2) is 0 Å². The monoisotopic (exact) mass is 194 g/mol. The summed E-state index contributed by atoms with van der Waals surface area (Å²) in [5.74, 6) is 0.305. The van der Waals surface area contributed by atoms with Crippen LogP contribution in [0.1, 0.15) is 18.3 Å². The van der Waals surface area contributed by atoms with Crippen molar-refractivity contribution in [2.24, 2.45) is 5.92 Å². The van der Waals surface area contributed by atoms with E-state index in [1.165, 1.54) is 0 Å². The van der Waals surface area contributed by atoms with Gasteiger partial charge in [-0.3, -0.25) is 4.98 Å². The second-order valence-corrected chi connectivity index (χ2v) is 3.69. The molecule has 14 heavy (non-hydrogen) atoms. The van der Waals surface area contributed by atoms with Crippen molar-refractivity contribution >= 4 is 0 Å². The molecule has 0 aliphatic rings. The van der Waals surface area contributed by atoms with Gasteiger partial charge in [0.25, 0.3) is 0 Å². The number of hydrogen-bond acceptors (Lipinski definition) is 3. The molecule has 1 heterocycles. The lowest BCUT2D eigenvalue weighted by Crippen LogP contribution is -2.23. The average Bonchev–Trinajstić information content (AvgIpc) is 2.17. The summed E-state index contributed by atoms with van der Waals surface area (Å²) in [6, 6.07) is 6.00. The SMILES string of the molecule is Cc1cccc(CNCC(C)CO)n1. The molecule has 0 aromatic carbocycles. The third-order valence-electron chi connectivity index (χ3n) is 2.06. The maximum absolute atomic E-state index is 8.82. The van der Waals surface area contributed by atoms with Gasteiger partial charge in [-0.2, -0.15) is 0 Å². The van der Waals surface area contributed by atoms with Gasteiger partial charge in [0.2, 0.25) is 0 Å². The largest absolute Gasteiger partial charge is 0.396 e. The van der Waals surface area contributed by atoms with Crippen LogP contribution < -0.4 is 5.32 Å². The predicted molar refractivity (Wildman–Crippen MR) is 56.9 cm³/mol. The van der Waals surface area contributed by atoms with Crippen LogP contribution in [-0.4, -0.2) is 23.2 Å². The summed E-state index contributed by atoms with van der Waals surface area (Å²) in [6.45, 7) is 5.82. The summed E-state index contributed by atoms with van der Waals surface area (Å²) < 4.78 is 0. The summed E-state index contributed by atoms with van der Waals surface area (Å²) in [5, 5.41) is 12.1. The Morgan fingerprint density at radius 2 is 2.29 bits per heavy atom. The highest BCUT2D eigenvalue weighted by atomic mass is 16.3. The Labute approximate surface area is 85.2 Å². The quantitative estimate of drug-likeness (QED) is 0.738. The molecule has 1 aromatic heterocycles. The van der Waals surface area contributed by atoms with E-state index in [0.717, 1.165) is 24.5 Å². The van der Waals surface area contributed by atoms with Crippen molar-refractivity contribution in [3.8, 4) is 0 Å². The number of pyridine rings is 1. The Kier molecular flexibility index (Phi) is 4.56. The number of hydrogen-bond donors (Lipinski definition) is 2. The van der Waals surface area contributed by atoms with E-state index in [2.05, 4.69) is 10.3 Å². The summed E-state index contributed by atoms with van der Waals surface area (Å²) in [4.78, 5) is 4.37. The number of rotatable bonds is 5. The van der Waals surface area contributed by atoms with Crippen molar-refractivity contribution in [3.05, 3.63) is 29.6 Å². The molecule has 0 fully saturated rings.